The number of benzene rings is 1. The number of hydrogen-bond donors (Lipinski definition) is 2. The minimum Gasteiger partial charge on any atom is -0.353 e. The summed E-state index contributed by atoms with van der Waals surface area (Å²) in [6, 6.07) is 9.13. The summed E-state index contributed by atoms with van der Waals surface area (Å²) in [7, 11) is 0. The van der Waals surface area contributed by atoms with E-state index in [1.807, 2.05) is 0 Å². The van der Waals surface area contributed by atoms with Crippen LogP contribution in [-0.4, -0.2) is 18.0 Å². The fourth-order valence-electron chi connectivity index (χ4n) is 3.49. The average molecular weight is 295 g/mol. The molecule has 1 saturated carbocycles. The van der Waals surface area contributed by atoms with Gasteiger partial charge in [0.2, 0.25) is 5.91 Å². The molecule has 1 fully saturated rings. The van der Waals surface area contributed by atoms with Crippen LogP contribution in [0.2, 0.25) is 0 Å². The van der Waals surface area contributed by atoms with Crippen LogP contribution in [0.3, 0.4) is 0 Å². The van der Waals surface area contributed by atoms with Crippen LogP contribution in [0.25, 0.3) is 0 Å². The van der Waals surface area contributed by atoms with Gasteiger partial charge in [0, 0.05) is 18.5 Å². The van der Waals surface area contributed by atoms with Gasteiger partial charge in [-0.1, -0.05) is 24.3 Å². The maximum absolute atomic E-state index is 12.1. The number of hydrogen-bond acceptors (Lipinski definition) is 2. The van der Waals surface area contributed by atoms with Crippen molar-refractivity contribution in [2.75, 3.05) is 0 Å². The Morgan fingerprint density at radius 2 is 1.85 bits per heavy atom. The zero-order valence-corrected chi connectivity index (χ0v) is 12.5. The Morgan fingerprint density at radius 1 is 1.20 bits per heavy atom. The summed E-state index contributed by atoms with van der Waals surface area (Å²) in [4.78, 5) is 12.1. The van der Waals surface area contributed by atoms with Crippen molar-refractivity contribution in [3.63, 3.8) is 0 Å². The molecular weight excluding hydrogens is 272 g/mol. The third-order valence-electron chi connectivity index (χ3n) is 4.45. The molecule has 2 atom stereocenters. The fraction of sp³-hybridized carbons (Fsp3) is 0.562. The summed E-state index contributed by atoms with van der Waals surface area (Å²) in [6.07, 6.45) is 5.77. The Morgan fingerprint density at radius 3 is 2.40 bits per heavy atom. The Hall–Kier alpha value is -1.06. The second-order valence-electron chi connectivity index (χ2n) is 6.08. The van der Waals surface area contributed by atoms with Crippen molar-refractivity contribution in [3.05, 3.63) is 35.4 Å². The number of rotatable bonds is 3. The van der Waals surface area contributed by atoms with E-state index >= 15 is 0 Å². The first-order valence-electron chi connectivity index (χ1n) is 7.32. The van der Waals surface area contributed by atoms with Gasteiger partial charge >= 0.3 is 0 Å². The summed E-state index contributed by atoms with van der Waals surface area (Å²) < 4.78 is 0. The van der Waals surface area contributed by atoms with E-state index in [0.29, 0.717) is 18.4 Å². The minimum atomic E-state index is 0. The molecule has 1 amide bonds. The van der Waals surface area contributed by atoms with Crippen LogP contribution in [-0.2, 0) is 17.6 Å². The van der Waals surface area contributed by atoms with Crippen molar-refractivity contribution >= 4 is 18.3 Å². The molecule has 0 bridgehead atoms. The molecule has 0 aromatic heterocycles. The van der Waals surface area contributed by atoms with Crippen molar-refractivity contribution in [1.82, 2.24) is 5.32 Å². The number of amides is 1. The molecule has 0 heterocycles. The molecule has 3 nitrogen and oxygen atoms in total. The highest BCUT2D eigenvalue weighted by atomic mass is 35.5. The number of halogens is 1. The van der Waals surface area contributed by atoms with Gasteiger partial charge in [-0.05, 0) is 49.1 Å². The monoisotopic (exact) mass is 294 g/mol. The van der Waals surface area contributed by atoms with Gasteiger partial charge in [-0.3, -0.25) is 4.79 Å². The van der Waals surface area contributed by atoms with Crippen molar-refractivity contribution in [2.24, 2.45) is 11.7 Å². The van der Waals surface area contributed by atoms with Gasteiger partial charge in [0.1, 0.15) is 0 Å². The van der Waals surface area contributed by atoms with Gasteiger partial charge in [-0.15, -0.1) is 12.4 Å². The van der Waals surface area contributed by atoms with Crippen LogP contribution in [0.4, 0.5) is 0 Å². The Bertz CT molecular complexity index is 452. The number of nitrogens with one attached hydrogen (secondary N) is 1. The maximum atomic E-state index is 12.1. The summed E-state index contributed by atoms with van der Waals surface area (Å²) in [5.41, 5.74) is 8.71. The lowest BCUT2D eigenvalue weighted by atomic mass is 10.0. The number of carbonyl (C=O) groups is 1. The lowest BCUT2D eigenvalue weighted by Crippen LogP contribution is -2.35. The smallest absolute Gasteiger partial charge is 0.220 e. The first-order valence-corrected chi connectivity index (χ1v) is 7.32. The van der Waals surface area contributed by atoms with Crippen molar-refractivity contribution in [2.45, 2.75) is 50.6 Å². The molecule has 20 heavy (non-hydrogen) atoms. The molecule has 0 spiro atoms. The normalized spacial score (nSPS) is 25.1. The van der Waals surface area contributed by atoms with E-state index in [4.69, 9.17) is 5.73 Å². The van der Waals surface area contributed by atoms with Gasteiger partial charge in [0.15, 0.2) is 0 Å². The minimum absolute atomic E-state index is 0. The third-order valence-corrected chi connectivity index (χ3v) is 4.45. The maximum Gasteiger partial charge on any atom is 0.220 e. The predicted octanol–water partition coefficient (Wildman–Crippen LogP) is 2.21. The van der Waals surface area contributed by atoms with Crippen molar-refractivity contribution in [3.8, 4) is 0 Å². The Labute approximate surface area is 126 Å². The largest absolute Gasteiger partial charge is 0.353 e. The molecule has 3 N–H and O–H groups in total. The van der Waals surface area contributed by atoms with E-state index in [-0.39, 0.29) is 24.4 Å². The van der Waals surface area contributed by atoms with Gasteiger partial charge in [0.25, 0.3) is 0 Å². The van der Waals surface area contributed by atoms with Gasteiger partial charge in [-0.2, -0.15) is 0 Å². The van der Waals surface area contributed by atoms with E-state index in [1.165, 1.54) is 11.1 Å². The second kappa shape index (κ2) is 6.59. The lowest BCUT2D eigenvalue weighted by Gasteiger charge is -2.14. The topological polar surface area (TPSA) is 55.1 Å². The van der Waals surface area contributed by atoms with E-state index in [1.54, 1.807) is 0 Å². The van der Waals surface area contributed by atoms with E-state index < -0.39 is 0 Å². The van der Waals surface area contributed by atoms with Crippen LogP contribution in [0.15, 0.2) is 24.3 Å². The molecule has 0 radical (unpaired) electrons. The molecule has 110 valence electrons. The second-order valence-corrected chi connectivity index (χ2v) is 6.08. The third kappa shape index (κ3) is 3.53. The van der Waals surface area contributed by atoms with E-state index in [2.05, 4.69) is 29.6 Å². The predicted molar refractivity (Wildman–Crippen MR) is 83.0 cm³/mol. The van der Waals surface area contributed by atoms with Crippen LogP contribution in [0.5, 0.6) is 0 Å². The van der Waals surface area contributed by atoms with Crippen LogP contribution >= 0.6 is 12.4 Å². The van der Waals surface area contributed by atoms with Crippen molar-refractivity contribution in [1.29, 1.82) is 0 Å². The summed E-state index contributed by atoms with van der Waals surface area (Å²) in [6.45, 7) is 0. The average Bonchev–Trinajstić information content (AvgIpc) is 2.94. The molecule has 0 aliphatic heterocycles. The van der Waals surface area contributed by atoms with Crippen molar-refractivity contribution < 1.29 is 4.79 Å². The van der Waals surface area contributed by atoms with E-state index in [0.717, 1.165) is 32.1 Å². The zero-order valence-electron chi connectivity index (χ0n) is 11.7. The molecule has 0 unspecified atom stereocenters. The number of fused-ring (bicyclic) bond motifs is 1. The van der Waals surface area contributed by atoms with Gasteiger partial charge in [-0.25, -0.2) is 0 Å². The first kappa shape index (κ1) is 15.3. The van der Waals surface area contributed by atoms with Crippen LogP contribution < -0.4 is 11.1 Å². The first-order chi connectivity index (χ1) is 9.20. The molecule has 0 saturated heterocycles. The van der Waals surface area contributed by atoms with Gasteiger partial charge in [0.05, 0.1) is 0 Å². The Balaban J connectivity index is 0.00000147. The molecule has 2 aliphatic rings. The Kier molecular flexibility index (Phi) is 5.06. The standard InChI is InChI=1S/C16H22N2O.ClH/c17-14-5-6-15(10-14)18-16(19)9-11-7-12-3-1-2-4-13(12)8-11;/h1-4,11,14-15H,5-10,17H2,(H,18,19);1H/t14-,15+;/m1./s1. The number of carbonyl (C=O) groups excluding carboxylic acids is 1. The van der Waals surface area contributed by atoms with E-state index in [9.17, 15) is 4.79 Å². The number of nitrogens with two attached hydrogens (primary N) is 1. The fourth-order valence-corrected chi connectivity index (χ4v) is 3.49. The highest BCUT2D eigenvalue weighted by Crippen LogP contribution is 2.28. The van der Waals surface area contributed by atoms with Crippen LogP contribution in [0.1, 0.15) is 36.8 Å². The SMILES string of the molecule is Cl.N[C@@H]1CC[C@H](NC(=O)CC2Cc3ccccc3C2)C1. The zero-order chi connectivity index (χ0) is 13.2. The molecule has 3 rings (SSSR count). The highest BCUT2D eigenvalue weighted by Gasteiger charge is 2.26. The van der Waals surface area contributed by atoms with Crippen LogP contribution in [0, 0.1) is 5.92 Å². The molecule has 4 heteroatoms. The quantitative estimate of drug-likeness (QED) is 0.898. The summed E-state index contributed by atoms with van der Waals surface area (Å²) in [5, 5.41) is 3.14. The lowest BCUT2D eigenvalue weighted by molar-refractivity contribution is -0.122. The highest BCUT2D eigenvalue weighted by molar-refractivity contribution is 5.85. The molecular formula is C16H23ClN2O. The summed E-state index contributed by atoms with van der Waals surface area (Å²) >= 11 is 0. The van der Waals surface area contributed by atoms with Gasteiger partial charge < -0.3 is 11.1 Å². The molecule has 1 aromatic rings. The summed E-state index contributed by atoms with van der Waals surface area (Å²) in [5.74, 6) is 0.685. The molecule has 2 aliphatic carbocycles. The molecule has 1 aromatic carbocycles.